The van der Waals surface area contributed by atoms with Crippen LogP contribution in [0.1, 0.15) is 13.3 Å². The van der Waals surface area contributed by atoms with Gasteiger partial charge in [-0.1, -0.05) is 12.1 Å². The van der Waals surface area contributed by atoms with E-state index in [1.807, 2.05) is 31.2 Å². The van der Waals surface area contributed by atoms with Gasteiger partial charge >= 0.3 is 0 Å². The minimum Gasteiger partial charge on any atom is -0.495 e. The molecular formula is C18H30N4O2. The Bertz CT molecular complexity index is 538. The fourth-order valence-corrected chi connectivity index (χ4v) is 2.96. The number of methoxy groups -OCH3 is 1. The van der Waals surface area contributed by atoms with Gasteiger partial charge in [-0.2, -0.15) is 0 Å². The predicted molar refractivity (Wildman–Crippen MR) is 97.6 cm³/mol. The molecule has 24 heavy (non-hydrogen) atoms. The SMILES string of the molecule is COc1ccccc1NC(=O)C[C@@H](C)NC[C@H]1CN(C)CCN1C. The van der Waals surface area contributed by atoms with Crippen molar-refractivity contribution >= 4 is 11.6 Å². The van der Waals surface area contributed by atoms with Crippen LogP contribution in [0.2, 0.25) is 0 Å². The zero-order valence-corrected chi connectivity index (χ0v) is 15.2. The highest BCUT2D eigenvalue weighted by atomic mass is 16.5. The lowest BCUT2D eigenvalue weighted by Crippen LogP contribution is -2.54. The maximum Gasteiger partial charge on any atom is 0.226 e. The van der Waals surface area contributed by atoms with Gasteiger partial charge in [0.2, 0.25) is 5.91 Å². The molecule has 0 radical (unpaired) electrons. The standard InChI is InChI=1S/C18H30N4O2/c1-14(19-12-15-13-21(2)9-10-22(15)3)11-18(23)20-16-7-5-6-8-17(16)24-4/h5-8,14-15,19H,9-13H2,1-4H3,(H,20,23)/t14-,15+/m1/s1. The van der Waals surface area contributed by atoms with E-state index in [1.165, 1.54) is 0 Å². The third-order valence-corrected chi connectivity index (χ3v) is 4.55. The molecule has 1 aromatic rings. The summed E-state index contributed by atoms with van der Waals surface area (Å²) in [6, 6.07) is 8.07. The monoisotopic (exact) mass is 334 g/mol. The minimum absolute atomic E-state index is 0.00591. The number of benzene rings is 1. The average molecular weight is 334 g/mol. The molecule has 0 aliphatic carbocycles. The molecule has 6 nitrogen and oxygen atoms in total. The number of nitrogens with zero attached hydrogens (tertiary/aromatic N) is 2. The van der Waals surface area contributed by atoms with Crippen LogP contribution in [0.5, 0.6) is 5.75 Å². The number of likely N-dealkylation sites (N-methyl/N-ethyl adjacent to an activating group) is 2. The molecule has 2 N–H and O–H groups in total. The molecule has 1 aliphatic rings. The Morgan fingerprint density at radius 3 is 2.83 bits per heavy atom. The zero-order valence-electron chi connectivity index (χ0n) is 15.2. The Hall–Kier alpha value is -1.63. The summed E-state index contributed by atoms with van der Waals surface area (Å²) >= 11 is 0. The molecular weight excluding hydrogens is 304 g/mol. The summed E-state index contributed by atoms with van der Waals surface area (Å²) in [5.74, 6) is 0.673. The molecule has 1 aromatic carbocycles. The van der Waals surface area contributed by atoms with E-state index in [4.69, 9.17) is 4.74 Å². The van der Waals surface area contributed by atoms with E-state index < -0.39 is 0 Å². The topological polar surface area (TPSA) is 56.8 Å². The molecule has 0 unspecified atom stereocenters. The second kappa shape index (κ2) is 9.01. The first-order valence-electron chi connectivity index (χ1n) is 8.54. The number of rotatable bonds is 7. The number of carbonyl (C=O) groups excluding carboxylic acids is 1. The number of anilines is 1. The maximum atomic E-state index is 12.2. The fraction of sp³-hybridized carbons (Fsp3) is 0.611. The van der Waals surface area contributed by atoms with Crippen molar-refractivity contribution in [2.45, 2.75) is 25.4 Å². The van der Waals surface area contributed by atoms with Gasteiger partial charge in [-0.25, -0.2) is 0 Å². The molecule has 1 heterocycles. The first-order valence-corrected chi connectivity index (χ1v) is 8.54. The fourth-order valence-electron chi connectivity index (χ4n) is 2.96. The van der Waals surface area contributed by atoms with Gasteiger partial charge in [0.1, 0.15) is 5.75 Å². The lowest BCUT2D eigenvalue weighted by molar-refractivity contribution is -0.116. The molecule has 134 valence electrons. The number of carbonyl (C=O) groups is 1. The number of amides is 1. The van der Waals surface area contributed by atoms with Crippen molar-refractivity contribution in [2.24, 2.45) is 0 Å². The van der Waals surface area contributed by atoms with Gasteiger partial charge < -0.3 is 20.3 Å². The van der Waals surface area contributed by atoms with Crippen molar-refractivity contribution in [2.75, 3.05) is 52.7 Å². The summed E-state index contributed by atoms with van der Waals surface area (Å²) in [5.41, 5.74) is 0.714. The second-order valence-electron chi connectivity index (χ2n) is 6.66. The van der Waals surface area contributed by atoms with Crippen molar-refractivity contribution in [3.63, 3.8) is 0 Å². The molecule has 1 fully saturated rings. The summed E-state index contributed by atoms with van der Waals surface area (Å²) in [5, 5.41) is 6.41. The third-order valence-electron chi connectivity index (χ3n) is 4.55. The highest BCUT2D eigenvalue weighted by Crippen LogP contribution is 2.23. The summed E-state index contributed by atoms with van der Waals surface area (Å²) < 4.78 is 5.26. The average Bonchev–Trinajstić information content (AvgIpc) is 2.56. The van der Waals surface area contributed by atoms with Crippen LogP contribution >= 0.6 is 0 Å². The largest absolute Gasteiger partial charge is 0.495 e. The van der Waals surface area contributed by atoms with Crippen molar-refractivity contribution in [1.29, 1.82) is 0 Å². The van der Waals surface area contributed by atoms with Gasteiger partial charge in [0.25, 0.3) is 0 Å². The van der Waals surface area contributed by atoms with Gasteiger partial charge in [-0.05, 0) is 33.2 Å². The molecule has 2 rings (SSSR count). The van der Waals surface area contributed by atoms with Crippen LogP contribution in [-0.4, -0.2) is 75.2 Å². The van der Waals surface area contributed by atoms with Gasteiger partial charge in [0.05, 0.1) is 12.8 Å². The minimum atomic E-state index is -0.00591. The van der Waals surface area contributed by atoms with E-state index in [1.54, 1.807) is 7.11 Å². The van der Waals surface area contributed by atoms with Crippen LogP contribution < -0.4 is 15.4 Å². The Balaban J connectivity index is 1.77. The Morgan fingerprint density at radius 1 is 1.33 bits per heavy atom. The van der Waals surface area contributed by atoms with E-state index >= 15 is 0 Å². The van der Waals surface area contributed by atoms with E-state index in [2.05, 4.69) is 34.5 Å². The lowest BCUT2D eigenvalue weighted by atomic mass is 10.1. The van der Waals surface area contributed by atoms with Gasteiger partial charge in [0.15, 0.2) is 0 Å². The highest BCUT2D eigenvalue weighted by Gasteiger charge is 2.22. The zero-order chi connectivity index (χ0) is 17.5. The molecule has 6 heteroatoms. The summed E-state index contributed by atoms with van der Waals surface area (Å²) in [4.78, 5) is 17.0. The molecule has 2 atom stereocenters. The summed E-state index contributed by atoms with van der Waals surface area (Å²) in [6.45, 7) is 6.21. The Labute approximate surface area is 145 Å². The first-order chi connectivity index (χ1) is 11.5. The van der Waals surface area contributed by atoms with Crippen LogP contribution in [0.4, 0.5) is 5.69 Å². The van der Waals surface area contributed by atoms with Gasteiger partial charge in [0, 0.05) is 44.7 Å². The molecule has 1 saturated heterocycles. The number of nitrogens with one attached hydrogen (secondary N) is 2. The number of hydrogen-bond acceptors (Lipinski definition) is 5. The second-order valence-corrected chi connectivity index (χ2v) is 6.66. The number of ether oxygens (including phenoxy) is 1. The number of hydrogen-bond donors (Lipinski definition) is 2. The van der Waals surface area contributed by atoms with Crippen LogP contribution in [-0.2, 0) is 4.79 Å². The number of para-hydroxylation sites is 2. The maximum absolute atomic E-state index is 12.2. The van der Waals surface area contributed by atoms with Crippen molar-refractivity contribution in [3.8, 4) is 5.75 Å². The molecule has 0 saturated carbocycles. The summed E-state index contributed by atoms with van der Waals surface area (Å²) in [7, 11) is 5.93. The van der Waals surface area contributed by atoms with Crippen LogP contribution in [0.15, 0.2) is 24.3 Å². The van der Waals surface area contributed by atoms with E-state index in [9.17, 15) is 4.79 Å². The van der Waals surface area contributed by atoms with Crippen LogP contribution in [0.25, 0.3) is 0 Å². The molecule has 1 amide bonds. The molecule has 0 bridgehead atoms. The normalized spacial score (nSPS) is 20.6. The highest BCUT2D eigenvalue weighted by molar-refractivity contribution is 5.92. The van der Waals surface area contributed by atoms with Gasteiger partial charge in [-0.3, -0.25) is 9.69 Å². The van der Waals surface area contributed by atoms with E-state index in [0.717, 1.165) is 26.2 Å². The quantitative estimate of drug-likeness (QED) is 0.786. The van der Waals surface area contributed by atoms with Crippen LogP contribution in [0, 0.1) is 0 Å². The van der Waals surface area contributed by atoms with Crippen LogP contribution in [0.3, 0.4) is 0 Å². The first kappa shape index (κ1) is 18.7. The van der Waals surface area contributed by atoms with E-state index in [-0.39, 0.29) is 11.9 Å². The Morgan fingerprint density at radius 2 is 2.08 bits per heavy atom. The van der Waals surface area contributed by atoms with Gasteiger partial charge in [-0.15, -0.1) is 0 Å². The van der Waals surface area contributed by atoms with E-state index in [0.29, 0.717) is 23.9 Å². The molecule has 0 aromatic heterocycles. The summed E-state index contributed by atoms with van der Waals surface area (Å²) in [6.07, 6.45) is 0.435. The predicted octanol–water partition coefficient (Wildman–Crippen LogP) is 1.25. The number of piperazine rings is 1. The molecule has 1 aliphatic heterocycles. The Kier molecular flexibility index (Phi) is 7.02. The third kappa shape index (κ3) is 5.47. The van der Waals surface area contributed by atoms with Crippen molar-refractivity contribution < 1.29 is 9.53 Å². The molecule has 0 spiro atoms. The van der Waals surface area contributed by atoms with Crippen molar-refractivity contribution in [1.82, 2.24) is 15.1 Å². The van der Waals surface area contributed by atoms with Crippen molar-refractivity contribution in [3.05, 3.63) is 24.3 Å². The lowest BCUT2D eigenvalue weighted by Gasteiger charge is -2.38. The smallest absolute Gasteiger partial charge is 0.226 e.